The minimum Gasteiger partial charge on any atom is -0.399 e. The minimum absolute atomic E-state index is 0.863. The SMILES string of the molecule is Cc1cccc2nc(CCc3ccccc3N)n(C)c12. The Kier molecular flexibility index (Phi) is 3.18. The summed E-state index contributed by atoms with van der Waals surface area (Å²) in [5.74, 6) is 1.11. The first kappa shape index (κ1) is 12.7. The average Bonchev–Trinajstić information content (AvgIpc) is 2.76. The average molecular weight is 265 g/mol. The van der Waals surface area contributed by atoms with Gasteiger partial charge in [0.25, 0.3) is 0 Å². The van der Waals surface area contributed by atoms with Crippen LogP contribution in [0.2, 0.25) is 0 Å². The van der Waals surface area contributed by atoms with Crippen LogP contribution in [-0.2, 0) is 19.9 Å². The fourth-order valence-electron chi connectivity index (χ4n) is 2.75. The Hall–Kier alpha value is -2.29. The monoisotopic (exact) mass is 265 g/mol. The molecular formula is C17H19N3. The molecule has 0 fully saturated rings. The first-order valence-corrected chi connectivity index (χ1v) is 6.91. The molecule has 0 radical (unpaired) electrons. The quantitative estimate of drug-likeness (QED) is 0.739. The molecule has 0 atom stereocenters. The molecule has 0 bridgehead atoms. The zero-order valence-electron chi connectivity index (χ0n) is 11.9. The number of fused-ring (bicyclic) bond motifs is 1. The van der Waals surface area contributed by atoms with E-state index >= 15 is 0 Å². The molecule has 0 saturated carbocycles. The van der Waals surface area contributed by atoms with Gasteiger partial charge in [-0.05, 0) is 36.6 Å². The Labute approximate surface area is 119 Å². The third-order valence-electron chi connectivity index (χ3n) is 3.86. The van der Waals surface area contributed by atoms with Gasteiger partial charge in [0.05, 0.1) is 11.0 Å². The van der Waals surface area contributed by atoms with Gasteiger partial charge in [-0.2, -0.15) is 0 Å². The lowest BCUT2D eigenvalue weighted by atomic mass is 10.1. The number of hydrogen-bond donors (Lipinski definition) is 1. The lowest BCUT2D eigenvalue weighted by molar-refractivity contribution is 0.786. The predicted octanol–water partition coefficient (Wildman–Crippen LogP) is 3.25. The molecule has 0 aliphatic carbocycles. The summed E-state index contributed by atoms with van der Waals surface area (Å²) < 4.78 is 2.20. The molecule has 1 heterocycles. The van der Waals surface area contributed by atoms with Gasteiger partial charge in [0, 0.05) is 19.2 Å². The van der Waals surface area contributed by atoms with Crippen LogP contribution in [0, 0.1) is 6.92 Å². The van der Waals surface area contributed by atoms with Gasteiger partial charge in [-0.1, -0.05) is 30.3 Å². The molecule has 0 amide bonds. The highest BCUT2D eigenvalue weighted by Crippen LogP contribution is 2.20. The Morgan fingerprint density at radius 2 is 1.85 bits per heavy atom. The lowest BCUT2D eigenvalue weighted by Crippen LogP contribution is -2.02. The van der Waals surface area contributed by atoms with Gasteiger partial charge in [0.2, 0.25) is 0 Å². The molecule has 0 spiro atoms. The molecule has 0 unspecified atom stereocenters. The highest BCUT2D eigenvalue weighted by molar-refractivity contribution is 5.79. The molecule has 2 aromatic carbocycles. The van der Waals surface area contributed by atoms with Crippen LogP contribution in [0.4, 0.5) is 5.69 Å². The van der Waals surface area contributed by atoms with E-state index in [-0.39, 0.29) is 0 Å². The predicted molar refractivity (Wildman–Crippen MR) is 83.7 cm³/mol. The van der Waals surface area contributed by atoms with E-state index in [1.807, 2.05) is 18.2 Å². The Bertz CT molecular complexity index is 756. The van der Waals surface area contributed by atoms with Gasteiger partial charge in [-0.15, -0.1) is 0 Å². The number of imidazole rings is 1. The van der Waals surface area contributed by atoms with E-state index in [1.165, 1.54) is 16.6 Å². The van der Waals surface area contributed by atoms with E-state index in [9.17, 15) is 0 Å². The van der Waals surface area contributed by atoms with Crippen LogP contribution in [-0.4, -0.2) is 9.55 Å². The number of benzene rings is 2. The van der Waals surface area contributed by atoms with Crippen molar-refractivity contribution >= 4 is 16.7 Å². The Morgan fingerprint density at radius 3 is 2.60 bits per heavy atom. The molecule has 20 heavy (non-hydrogen) atoms. The standard InChI is InChI=1S/C17H19N3/c1-12-6-5-9-15-17(12)20(2)16(19-15)11-10-13-7-3-4-8-14(13)18/h3-9H,10-11,18H2,1-2H3. The first-order valence-electron chi connectivity index (χ1n) is 6.91. The van der Waals surface area contributed by atoms with Gasteiger partial charge in [-0.25, -0.2) is 4.98 Å². The van der Waals surface area contributed by atoms with Crippen LogP contribution in [0.1, 0.15) is 17.0 Å². The fourth-order valence-corrected chi connectivity index (χ4v) is 2.75. The van der Waals surface area contributed by atoms with Crippen molar-refractivity contribution < 1.29 is 0 Å². The zero-order chi connectivity index (χ0) is 14.1. The fraction of sp³-hybridized carbons (Fsp3) is 0.235. The maximum absolute atomic E-state index is 5.99. The number of aromatic nitrogens is 2. The van der Waals surface area contributed by atoms with E-state index in [0.717, 1.165) is 29.9 Å². The van der Waals surface area contributed by atoms with Crippen LogP contribution in [0.25, 0.3) is 11.0 Å². The summed E-state index contributed by atoms with van der Waals surface area (Å²) in [6.45, 7) is 2.13. The largest absolute Gasteiger partial charge is 0.399 e. The van der Waals surface area contributed by atoms with E-state index in [0.29, 0.717) is 0 Å². The summed E-state index contributed by atoms with van der Waals surface area (Å²) >= 11 is 0. The van der Waals surface area contributed by atoms with Crippen LogP contribution in [0.15, 0.2) is 42.5 Å². The second kappa shape index (κ2) is 5.00. The van der Waals surface area contributed by atoms with Crippen LogP contribution in [0.5, 0.6) is 0 Å². The minimum atomic E-state index is 0.863. The normalized spacial score (nSPS) is 11.1. The van der Waals surface area contributed by atoms with Gasteiger partial charge in [-0.3, -0.25) is 0 Å². The summed E-state index contributed by atoms with van der Waals surface area (Å²) in [4.78, 5) is 4.74. The maximum Gasteiger partial charge on any atom is 0.109 e. The van der Waals surface area contributed by atoms with E-state index < -0.39 is 0 Å². The van der Waals surface area contributed by atoms with Gasteiger partial charge >= 0.3 is 0 Å². The van der Waals surface area contributed by atoms with Gasteiger partial charge < -0.3 is 10.3 Å². The second-order valence-corrected chi connectivity index (χ2v) is 5.23. The van der Waals surface area contributed by atoms with Gasteiger partial charge in [0.15, 0.2) is 0 Å². The van der Waals surface area contributed by atoms with Crippen molar-refractivity contribution in [3.05, 3.63) is 59.4 Å². The van der Waals surface area contributed by atoms with Crippen molar-refractivity contribution in [2.75, 3.05) is 5.73 Å². The number of rotatable bonds is 3. The number of para-hydroxylation sites is 2. The lowest BCUT2D eigenvalue weighted by Gasteiger charge is -2.06. The molecule has 1 aromatic heterocycles. The molecular weight excluding hydrogens is 246 g/mol. The number of hydrogen-bond acceptors (Lipinski definition) is 2. The van der Waals surface area contributed by atoms with E-state index in [4.69, 9.17) is 10.7 Å². The first-order chi connectivity index (χ1) is 9.66. The molecule has 3 heteroatoms. The summed E-state index contributed by atoms with van der Waals surface area (Å²) in [6, 6.07) is 14.3. The van der Waals surface area contributed by atoms with Crippen molar-refractivity contribution in [3.8, 4) is 0 Å². The highest BCUT2D eigenvalue weighted by Gasteiger charge is 2.09. The molecule has 3 nitrogen and oxygen atoms in total. The highest BCUT2D eigenvalue weighted by atomic mass is 15.1. The second-order valence-electron chi connectivity index (χ2n) is 5.23. The number of aryl methyl sites for hydroxylation is 4. The molecule has 0 saturated heterocycles. The van der Waals surface area contributed by atoms with E-state index in [1.54, 1.807) is 0 Å². The molecule has 3 rings (SSSR count). The third-order valence-corrected chi connectivity index (χ3v) is 3.86. The molecule has 0 aliphatic heterocycles. The van der Waals surface area contributed by atoms with Crippen molar-refractivity contribution in [1.82, 2.24) is 9.55 Å². The summed E-state index contributed by atoms with van der Waals surface area (Å²) in [6.07, 6.45) is 1.82. The number of anilines is 1. The topological polar surface area (TPSA) is 43.8 Å². The molecule has 2 N–H and O–H groups in total. The Morgan fingerprint density at radius 1 is 1.05 bits per heavy atom. The van der Waals surface area contributed by atoms with E-state index in [2.05, 4.69) is 42.8 Å². The number of nitrogens with zero attached hydrogens (tertiary/aromatic N) is 2. The smallest absolute Gasteiger partial charge is 0.109 e. The maximum atomic E-state index is 5.99. The van der Waals surface area contributed by atoms with Crippen LogP contribution >= 0.6 is 0 Å². The number of nitrogens with two attached hydrogens (primary N) is 1. The summed E-state index contributed by atoms with van der Waals surface area (Å²) in [5, 5.41) is 0. The molecule has 3 aromatic rings. The van der Waals surface area contributed by atoms with Crippen molar-refractivity contribution in [3.63, 3.8) is 0 Å². The van der Waals surface area contributed by atoms with Crippen LogP contribution in [0.3, 0.4) is 0 Å². The summed E-state index contributed by atoms with van der Waals surface area (Å²) in [7, 11) is 2.09. The van der Waals surface area contributed by atoms with Crippen molar-refractivity contribution in [2.24, 2.45) is 7.05 Å². The number of nitrogen functional groups attached to an aromatic ring is 1. The molecule has 0 aliphatic rings. The molecule has 102 valence electrons. The van der Waals surface area contributed by atoms with Crippen molar-refractivity contribution in [2.45, 2.75) is 19.8 Å². The summed E-state index contributed by atoms with van der Waals surface area (Å²) in [5.41, 5.74) is 11.6. The van der Waals surface area contributed by atoms with Crippen LogP contribution < -0.4 is 5.73 Å². The third kappa shape index (κ3) is 2.16. The van der Waals surface area contributed by atoms with Gasteiger partial charge in [0.1, 0.15) is 5.82 Å². The Balaban J connectivity index is 1.90. The van der Waals surface area contributed by atoms with Crippen molar-refractivity contribution in [1.29, 1.82) is 0 Å². The zero-order valence-corrected chi connectivity index (χ0v) is 11.9.